The summed E-state index contributed by atoms with van der Waals surface area (Å²) >= 11 is 0. The summed E-state index contributed by atoms with van der Waals surface area (Å²) in [6.45, 7) is 4.38. The number of hydrogen-bond donors (Lipinski definition) is 2. The normalized spacial score (nSPS) is 19.0. The first-order chi connectivity index (χ1) is 14.3. The minimum Gasteiger partial charge on any atom is -0.349 e. The van der Waals surface area contributed by atoms with Gasteiger partial charge in [0.15, 0.2) is 9.84 Å². The van der Waals surface area contributed by atoms with Gasteiger partial charge in [-0.2, -0.15) is 0 Å². The molecular weight excluding hydrogens is 402 g/mol. The molecule has 3 rings (SSSR count). The van der Waals surface area contributed by atoms with Gasteiger partial charge in [0.25, 0.3) is 5.91 Å². The second-order valence-electron chi connectivity index (χ2n) is 8.61. The van der Waals surface area contributed by atoms with Gasteiger partial charge in [-0.05, 0) is 51.7 Å². The Labute approximate surface area is 179 Å². The van der Waals surface area contributed by atoms with Crippen LogP contribution in [0.1, 0.15) is 69.2 Å². The van der Waals surface area contributed by atoms with Crippen LogP contribution in [0.25, 0.3) is 0 Å². The fourth-order valence-electron chi connectivity index (χ4n) is 4.16. The predicted molar refractivity (Wildman–Crippen MR) is 116 cm³/mol. The number of hydrogen-bond acceptors (Lipinski definition) is 4. The molecule has 0 unspecified atom stereocenters. The fourth-order valence-corrected chi connectivity index (χ4v) is 5.40. The highest BCUT2D eigenvalue weighted by atomic mass is 32.2. The van der Waals surface area contributed by atoms with Crippen LogP contribution in [0, 0.1) is 0 Å². The van der Waals surface area contributed by atoms with Gasteiger partial charge in [-0.3, -0.25) is 4.79 Å². The third kappa shape index (κ3) is 5.33. The summed E-state index contributed by atoms with van der Waals surface area (Å²) in [5.74, 6) is -0.375. The van der Waals surface area contributed by atoms with Crippen molar-refractivity contribution >= 4 is 21.8 Å². The molecule has 1 aliphatic carbocycles. The van der Waals surface area contributed by atoms with Crippen LogP contribution in [0.2, 0.25) is 0 Å². The number of nitrogens with zero attached hydrogens (tertiary/aromatic N) is 1. The lowest BCUT2D eigenvalue weighted by Gasteiger charge is -2.34. The molecule has 0 spiro atoms. The lowest BCUT2D eigenvalue weighted by molar-refractivity contribution is 0.0914. The smallest absolute Gasteiger partial charge is 0.317 e. The van der Waals surface area contributed by atoms with Gasteiger partial charge < -0.3 is 15.5 Å². The number of nitrogens with one attached hydrogen (secondary N) is 2. The lowest BCUT2D eigenvalue weighted by Crippen LogP contribution is -2.51. The largest absolute Gasteiger partial charge is 0.349 e. The Morgan fingerprint density at radius 2 is 1.53 bits per heavy atom. The zero-order valence-corrected chi connectivity index (χ0v) is 18.7. The molecule has 1 aliphatic heterocycles. The third-order valence-corrected chi connectivity index (χ3v) is 8.32. The van der Waals surface area contributed by atoms with Gasteiger partial charge in [-0.15, -0.1) is 0 Å². The summed E-state index contributed by atoms with van der Waals surface area (Å²) in [5.41, 5.74) is 0.184. The average molecular weight is 436 g/mol. The molecule has 0 radical (unpaired) electrons. The molecule has 0 aromatic heterocycles. The van der Waals surface area contributed by atoms with Gasteiger partial charge in [-0.25, -0.2) is 13.2 Å². The van der Waals surface area contributed by atoms with E-state index in [0.29, 0.717) is 25.9 Å². The van der Waals surface area contributed by atoms with Gasteiger partial charge in [0.2, 0.25) is 0 Å². The number of benzene rings is 1. The minimum absolute atomic E-state index is 0.0138. The first-order valence-electron chi connectivity index (χ1n) is 11.0. The highest BCUT2D eigenvalue weighted by molar-refractivity contribution is 7.92. The van der Waals surface area contributed by atoms with E-state index in [1.54, 1.807) is 32.0 Å². The van der Waals surface area contributed by atoms with Crippen molar-refractivity contribution in [1.29, 1.82) is 0 Å². The Morgan fingerprint density at radius 3 is 2.17 bits per heavy atom. The molecule has 0 atom stereocenters. The van der Waals surface area contributed by atoms with Crippen molar-refractivity contribution in [2.45, 2.75) is 81.0 Å². The number of piperidine rings is 1. The summed E-state index contributed by atoms with van der Waals surface area (Å²) in [6.07, 6.45) is 7.01. The van der Waals surface area contributed by atoms with Crippen LogP contribution in [0.4, 0.5) is 4.79 Å². The topological polar surface area (TPSA) is 95.6 Å². The molecule has 0 bridgehead atoms. The summed E-state index contributed by atoms with van der Waals surface area (Å²) in [7, 11) is -3.55. The second-order valence-corrected chi connectivity index (χ2v) is 11.1. The molecule has 1 aromatic rings. The van der Waals surface area contributed by atoms with E-state index < -0.39 is 15.1 Å². The zero-order chi connectivity index (χ0) is 21.7. The molecule has 1 heterocycles. The Balaban J connectivity index is 1.55. The van der Waals surface area contributed by atoms with Gasteiger partial charge in [0.1, 0.15) is 0 Å². The van der Waals surface area contributed by atoms with Gasteiger partial charge in [-0.1, -0.05) is 31.4 Å². The molecule has 3 amide bonds. The minimum atomic E-state index is -3.55. The molecule has 166 valence electrons. The van der Waals surface area contributed by atoms with Crippen LogP contribution in [0.3, 0.4) is 0 Å². The highest BCUT2D eigenvalue weighted by Gasteiger charge is 2.29. The van der Waals surface area contributed by atoms with Gasteiger partial charge in [0, 0.05) is 25.2 Å². The number of carbonyl (C=O) groups is 2. The van der Waals surface area contributed by atoms with Crippen LogP contribution in [-0.2, 0) is 9.84 Å². The van der Waals surface area contributed by atoms with Crippen LogP contribution in [-0.4, -0.2) is 55.7 Å². The molecule has 1 saturated heterocycles. The van der Waals surface area contributed by atoms with Gasteiger partial charge >= 0.3 is 6.03 Å². The SMILES string of the molecule is CC(C)S(=O)(=O)c1ccccc1C(=O)NC1CCN(C(=O)NC2CCCCC2)CC1. The van der Waals surface area contributed by atoms with E-state index in [1.165, 1.54) is 25.3 Å². The van der Waals surface area contributed by atoms with E-state index in [0.717, 1.165) is 12.8 Å². The molecule has 8 heteroatoms. The zero-order valence-electron chi connectivity index (χ0n) is 17.9. The number of carbonyl (C=O) groups excluding carboxylic acids is 2. The Bertz CT molecular complexity index is 855. The number of amides is 3. The van der Waals surface area contributed by atoms with Crippen molar-refractivity contribution < 1.29 is 18.0 Å². The van der Waals surface area contributed by atoms with E-state index in [9.17, 15) is 18.0 Å². The highest BCUT2D eigenvalue weighted by Crippen LogP contribution is 2.22. The van der Waals surface area contributed by atoms with Crippen LogP contribution >= 0.6 is 0 Å². The molecule has 1 aromatic carbocycles. The van der Waals surface area contributed by atoms with E-state index in [4.69, 9.17) is 0 Å². The maximum Gasteiger partial charge on any atom is 0.317 e. The number of urea groups is 1. The Kier molecular flexibility index (Phi) is 7.39. The first kappa shape index (κ1) is 22.6. The quantitative estimate of drug-likeness (QED) is 0.743. The molecule has 2 fully saturated rings. The van der Waals surface area contributed by atoms with Crippen molar-refractivity contribution in [3.63, 3.8) is 0 Å². The summed E-state index contributed by atoms with van der Waals surface area (Å²) in [4.78, 5) is 27.2. The molecule has 2 N–H and O–H groups in total. The first-order valence-corrected chi connectivity index (χ1v) is 12.5. The maximum atomic E-state index is 12.8. The monoisotopic (exact) mass is 435 g/mol. The molecule has 1 saturated carbocycles. The summed E-state index contributed by atoms with van der Waals surface area (Å²) in [6, 6.07) is 6.54. The molecule has 2 aliphatic rings. The average Bonchev–Trinajstić information content (AvgIpc) is 2.74. The van der Waals surface area contributed by atoms with E-state index >= 15 is 0 Å². The standard InChI is InChI=1S/C22H33N3O4S/c1-16(2)30(28,29)20-11-7-6-10-19(20)21(26)23-18-12-14-25(15-13-18)22(27)24-17-8-4-3-5-9-17/h6-7,10-11,16-18H,3-5,8-9,12-15H2,1-2H3,(H,23,26)(H,24,27). The number of rotatable bonds is 5. The van der Waals surface area contributed by atoms with Crippen molar-refractivity contribution in [2.24, 2.45) is 0 Å². The predicted octanol–water partition coefficient (Wildman–Crippen LogP) is 3.11. The maximum absolute atomic E-state index is 12.8. The molecule has 7 nitrogen and oxygen atoms in total. The second kappa shape index (κ2) is 9.81. The fraction of sp³-hybridized carbons (Fsp3) is 0.636. The Hall–Kier alpha value is -2.09. The van der Waals surface area contributed by atoms with Crippen molar-refractivity contribution in [2.75, 3.05) is 13.1 Å². The summed E-state index contributed by atoms with van der Waals surface area (Å²) < 4.78 is 25.2. The van der Waals surface area contributed by atoms with Crippen molar-refractivity contribution in [3.05, 3.63) is 29.8 Å². The Morgan fingerprint density at radius 1 is 0.933 bits per heavy atom. The van der Waals surface area contributed by atoms with Crippen LogP contribution in [0.15, 0.2) is 29.2 Å². The third-order valence-electron chi connectivity index (χ3n) is 6.11. The van der Waals surface area contributed by atoms with Crippen LogP contribution in [0.5, 0.6) is 0 Å². The van der Waals surface area contributed by atoms with E-state index in [-0.39, 0.29) is 34.5 Å². The number of likely N-dealkylation sites (tertiary alicyclic amines) is 1. The van der Waals surface area contributed by atoms with Gasteiger partial charge in [0.05, 0.1) is 15.7 Å². The van der Waals surface area contributed by atoms with Crippen molar-refractivity contribution in [1.82, 2.24) is 15.5 Å². The summed E-state index contributed by atoms with van der Waals surface area (Å²) in [5, 5.41) is 5.50. The molecular formula is C22H33N3O4S. The van der Waals surface area contributed by atoms with E-state index in [2.05, 4.69) is 10.6 Å². The lowest BCUT2D eigenvalue weighted by atomic mass is 9.95. The molecule has 30 heavy (non-hydrogen) atoms. The van der Waals surface area contributed by atoms with E-state index in [1.807, 2.05) is 4.90 Å². The van der Waals surface area contributed by atoms with Crippen LogP contribution < -0.4 is 10.6 Å². The number of sulfone groups is 1. The van der Waals surface area contributed by atoms with Crippen molar-refractivity contribution in [3.8, 4) is 0 Å².